The molecule has 8 heteroatoms. The number of anilines is 1. The molecule has 0 aliphatic heterocycles. The Hall–Kier alpha value is -3.29. The lowest BCUT2D eigenvalue weighted by Gasteiger charge is -2.21. The normalized spacial score (nSPS) is 11.4. The third-order valence-corrected chi connectivity index (χ3v) is 3.92. The molecule has 0 spiro atoms. The van der Waals surface area contributed by atoms with Gasteiger partial charge in [0, 0.05) is 25.3 Å². The van der Waals surface area contributed by atoms with Crippen molar-refractivity contribution < 1.29 is 27.9 Å². The molecule has 2 aromatic carbocycles. The summed E-state index contributed by atoms with van der Waals surface area (Å²) in [5.74, 6) is -3.67. The number of benzene rings is 2. The summed E-state index contributed by atoms with van der Waals surface area (Å²) < 4.78 is 31.5. The number of ether oxygens (including phenoxy) is 1. The Morgan fingerprint density at radius 2 is 1.79 bits per heavy atom. The molecule has 6 nitrogen and oxygen atoms in total. The first-order valence-corrected chi connectivity index (χ1v) is 8.55. The molecule has 0 bridgehead atoms. The highest BCUT2D eigenvalue weighted by atomic mass is 19.1. The summed E-state index contributed by atoms with van der Waals surface area (Å²) in [5, 5.41) is 2.34. The highest BCUT2D eigenvalue weighted by Crippen LogP contribution is 2.13. The van der Waals surface area contributed by atoms with Crippen LogP contribution in [0, 0.1) is 11.6 Å². The van der Waals surface area contributed by atoms with Crippen molar-refractivity contribution >= 4 is 23.5 Å². The Bertz CT molecular complexity index is 859. The molecule has 0 heterocycles. The molecule has 148 valence electrons. The Kier molecular flexibility index (Phi) is 7.20. The molecular weight excluding hydrogens is 370 g/mol. The molecule has 0 aliphatic carbocycles. The second kappa shape index (κ2) is 9.59. The minimum atomic E-state index is -1.01. The van der Waals surface area contributed by atoms with E-state index in [-0.39, 0.29) is 18.5 Å². The van der Waals surface area contributed by atoms with Crippen LogP contribution in [0.5, 0.6) is 0 Å². The van der Waals surface area contributed by atoms with Crippen molar-refractivity contribution in [2.75, 3.05) is 18.5 Å². The number of rotatable bonds is 7. The van der Waals surface area contributed by atoms with Gasteiger partial charge >= 0.3 is 5.97 Å². The first-order valence-electron chi connectivity index (χ1n) is 8.55. The van der Waals surface area contributed by atoms with Crippen LogP contribution in [0.2, 0.25) is 0 Å². The number of carbonyl (C=O) groups is 3. The van der Waals surface area contributed by atoms with Gasteiger partial charge in [-0.2, -0.15) is 0 Å². The minimum Gasteiger partial charge on any atom is -0.452 e. The molecule has 1 atom stereocenters. The van der Waals surface area contributed by atoms with Gasteiger partial charge in [0.05, 0.1) is 12.0 Å². The van der Waals surface area contributed by atoms with E-state index in [9.17, 15) is 23.2 Å². The zero-order chi connectivity index (χ0) is 20.7. The number of likely N-dealkylation sites (N-methyl/N-ethyl adjacent to an activating group) is 1. The summed E-state index contributed by atoms with van der Waals surface area (Å²) in [6.45, 7) is 1.33. The minimum absolute atomic E-state index is 0.121. The highest BCUT2D eigenvalue weighted by molar-refractivity contribution is 5.97. The first-order chi connectivity index (χ1) is 13.3. The number of halogens is 2. The fourth-order valence-electron chi connectivity index (χ4n) is 2.40. The number of hydrogen-bond acceptors (Lipinski definition) is 4. The number of nitrogens with zero attached hydrogens (tertiary/aromatic N) is 1. The number of para-hydroxylation sites is 1. The Morgan fingerprint density at radius 1 is 1.11 bits per heavy atom. The molecule has 0 saturated carbocycles. The van der Waals surface area contributed by atoms with Crippen LogP contribution in [-0.2, 0) is 14.3 Å². The van der Waals surface area contributed by atoms with Gasteiger partial charge < -0.3 is 15.0 Å². The predicted octanol–water partition coefficient (Wildman–Crippen LogP) is 2.68. The molecule has 2 rings (SSSR count). The summed E-state index contributed by atoms with van der Waals surface area (Å²) in [6.07, 6.45) is -1.22. The van der Waals surface area contributed by atoms with Crippen LogP contribution in [-0.4, -0.2) is 37.5 Å². The second-order valence-electron chi connectivity index (χ2n) is 5.99. The number of amides is 2. The quantitative estimate of drug-likeness (QED) is 0.738. The van der Waals surface area contributed by atoms with Crippen LogP contribution in [0.15, 0.2) is 48.5 Å². The Labute approximate surface area is 161 Å². The molecule has 28 heavy (non-hydrogen) atoms. The summed E-state index contributed by atoms with van der Waals surface area (Å²) in [4.78, 5) is 37.4. The number of carbonyl (C=O) groups excluding carboxylic acids is 3. The summed E-state index contributed by atoms with van der Waals surface area (Å²) >= 11 is 0. The van der Waals surface area contributed by atoms with Gasteiger partial charge in [0.25, 0.3) is 11.8 Å². The van der Waals surface area contributed by atoms with Crippen LogP contribution in [0.1, 0.15) is 23.7 Å². The maximum atomic E-state index is 13.5. The maximum absolute atomic E-state index is 13.5. The fraction of sp³-hybridized carbons (Fsp3) is 0.250. The lowest BCUT2D eigenvalue weighted by Crippen LogP contribution is -2.38. The summed E-state index contributed by atoms with van der Waals surface area (Å²) in [5.41, 5.74) is 0.326. The molecule has 0 saturated heterocycles. The van der Waals surface area contributed by atoms with Crippen LogP contribution in [0.25, 0.3) is 0 Å². The van der Waals surface area contributed by atoms with E-state index in [4.69, 9.17) is 4.74 Å². The largest absolute Gasteiger partial charge is 0.452 e. The van der Waals surface area contributed by atoms with Crippen LogP contribution >= 0.6 is 0 Å². The van der Waals surface area contributed by atoms with E-state index in [0.29, 0.717) is 11.8 Å². The molecule has 1 N–H and O–H groups in total. The van der Waals surface area contributed by atoms with Crippen molar-refractivity contribution in [3.05, 3.63) is 65.7 Å². The SMILES string of the molecule is CC(OC(=O)CCNC(=O)c1ccc(F)cc1F)C(=O)N(C)c1ccccc1. The fourth-order valence-corrected chi connectivity index (χ4v) is 2.40. The van der Waals surface area contributed by atoms with Crippen molar-refractivity contribution in [3.63, 3.8) is 0 Å². The molecule has 1 unspecified atom stereocenters. The van der Waals surface area contributed by atoms with E-state index in [0.717, 1.165) is 12.1 Å². The molecule has 2 amide bonds. The topological polar surface area (TPSA) is 75.7 Å². The predicted molar refractivity (Wildman–Crippen MR) is 98.7 cm³/mol. The van der Waals surface area contributed by atoms with Crippen molar-refractivity contribution in [2.45, 2.75) is 19.4 Å². The van der Waals surface area contributed by atoms with Crippen LogP contribution in [0.3, 0.4) is 0 Å². The van der Waals surface area contributed by atoms with Crippen LogP contribution in [0.4, 0.5) is 14.5 Å². The van der Waals surface area contributed by atoms with Gasteiger partial charge in [0.2, 0.25) is 0 Å². The van der Waals surface area contributed by atoms with Crippen molar-refractivity contribution in [1.29, 1.82) is 0 Å². The first kappa shape index (κ1) is 21.0. The number of hydrogen-bond donors (Lipinski definition) is 1. The van der Waals surface area contributed by atoms with Gasteiger partial charge in [-0.25, -0.2) is 8.78 Å². The standard InChI is InChI=1S/C20H20F2N2O4/c1-13(20(27)24(2)15-6-4-3-5-7-15)28-18(25)10-11-23-19(26)16-9-8-14(21)12-17(16)22/h3-9,12-13H,10-11H2,1-2H3,(H,23,26). The van der Waals surface area contributed by atoms with E-state index < -0.39 is 35.5 Å². The third kappa shape index (κ3) is 5.60. The van der Waals surface area contributed by atoms with Gasteiger partial charge in [-0.15, -0.1) is 0 Å². The zero-order valence-electron chi connectivity index (χ0n) is 15.4. The van der Waals surface area contributed by atoms with Gasteiger partial charge in [-0.3, -0.25) is 14.4 Å². The van der Waals surface area contributed by atoms with Crippen molar-refractivity contribution in [2.24, 2.45) is 0 Å². The average Bonchev–Trinajstić information content (AvgIpc) is 2.67. The number of nitrogens with one attached hydrogen (secondary N) is 1. The lowest BCUT2D eigenvalue weighted by molar-refractivity contribution is -0.153. The third-order valence-electron chi connectivity index (χ3n) is 3.92. The molecule has 0 fully saturated rings. The van der Waals surface area contributed by atoms with Gasteiger partial charge in [-0.05, 0) is 31.2 Å². The van der Waals surface area contributed by atoms with E-state index in [1.54, 1.807) is 31.3 Å². The monoisotopic (exact) mass is 390 g/mol. The van der Waals surface area contributed by atoms with Crippen molar-refractivity contribution in [1.82, 2.24) is 5.32 Å². The smallest absolute Gasteiger partial charge is 0.308 e. The van der Waals surface area contributed by atoms with E-state index in [1.807, 2.05) is 6.07 Å². The number of esters is 1. The maximum Gasteiger partial charge on any atom is 0.308 e. The second-order valence-corrected chi connectivity index (χ2v) is 5.99. The summed E-state index contributed by atoms with van der Waals surface area (Å²) in [6, 6.07) is 11.4. The van der Waals surface area contributed by atoms with E-state index in [1.165, 1.54) is 11.8 Å². The Balaban J connectivity index is 1.80. The molecule has 0 aromatic heterocycles. The van der Waals surface area contributed by atoms with E-state index in [2.05, 4.69) is 5.32 Å². The Morgan fingerprint density at radius 3 is 2.43 bits per heavy atom. The molecule has 0 radical (unpaired) electrons. The molecule has 0 aliphatic rings. The summed E-state index contributed by atoms with van der Waals surface area (Å²) in [7, 11) is 1.57. The highest BCUT2D eigenvalue weighted by Gasteiger charge is 2.22. The van der Waals surface area contributed by atoms with Gasteiger partial charge in [0.15, 0.2) is 6.10 Å². The lowest BCUT2D eigenvalue weighted by atomic mass is 10.2. The molecular formula is C20H20F2N2O4. The van der Waals surface area contributed by atoms with Crippen molar-refractivity contribution in [3.8, 4) is 0 Å². The zero-order valence-corrected chi connectivity index (χ0v) is 15.4. The van der Waals surface area contributed by atoms with Crippen LogP contribution < -0.4 is 10.2 Å². The molecule has 2 aromatic rings. The van der Waals surface area contributed by atoms with Gasteiger partial charge in [-0.1, -0.05) is 18.2 Å². The van der Waals surface area contributed by atoms with Gasteiger partial charge in [0.1, 0.15) is 11.6 Å². The average molecular weight is 390 g/mol. The van der Waals surface area contributed by atoms with E-state index >= 15 is 0 Å².